The zero-order valence-corrected chi connectivity index (χ0v) is 22.7. The molecule has 0 aliphatic heterocycles. The molecule has 2 unspecified atom stereocenters. The average molecular weight is 551 g/mol. The number of nitrogens with zero attached hydrogens (tertiary/aromatic N) is 3. The van der Waals surface area contributed by atoms with E-state index >= 15 is 0 Å². The smallest absolute Gasteiger partial charge is 0.259 e. The first kappa shape index (κ1) is 26.3. The molecule has 0 spiro atoms. The van der Waals surface area contributed by atoms with Crippen molar-refractivity contribution in [1.82, 2.24) is 14.9 Å². The monoisotopic (exact) mass is 550 g/mol. The third kappa shape index (κ3) is 4.64. The number of methoxy groups -OCH3 is 1. The number of benzene rings is 3. The number of aryl methyl sites for hydroxylation is 1. The Kier molecular flexibility index (Phi) is 6.59. The van der Waals surface area contributed by atoms with E-state index in [1.807, 2.05) is 30.3 Å². The maximum absolute atomic E-state index is 13.5. The van der Waals surface area contributed by atoms with Gasteiger partial charge in [-0.25, -0.2) is 14.4 Å². The van der Waals surface area contributed by atoms with Gasteiger partial charge in [0.2, 0.25) is 0 Å². The molecule has 1 fully saturated rings. The van der Waals surface area contributed by atoms with Gasteiger partial charge < -0.3 is 19.4 Å². The number of anilines is 1. The Labute approximate surface area is 235 Å². The van der Waals surface area contributed by atoms with Gasteiger partial charge in [0.05, 0.1) is 11.7 Å². The van der Waals surface area contributed by atoms with E-state index in [2.05, 4.69) is 15.3 Å². The van der Waals surface area contributed by atoms with Gasteiger partial charge >= 0.3 is 0 Å². The molecule has 3 aromatic carbocycles. The van der Waals surface area contributed by atoms with Crippen molar-refractivity contribution in [2.45, 2.75) is 25.0 Å². The predicted octanol–water partition coefficient (Wildman–Crippen LogP) is 5.98. The summed E-state index contributed by atoms with van der Waals surface area (Å²) in [6.45, 7) is 1.73. The normalized spacial score (nSPS) is 17.8. The Morgan fingerprint density at radius 3 is 2.37 bits per heavy atom. The number of carbonyl (C=O) groups excluding carboxylic acids is 2. The van der Waals surface area contributed by atoms with E-state index < -0.39 is 5.54 Å². The van der Waals surface area contributed by atoms with Crippen molar-refractivity contribution in [3.05, 3.63) is 114 Å². The number of rotatable bonds is 7. The molecular weight excluding hydrogens is 523 g/mol. The second-order valence-corrected chi connectivity index (χ2v) is 10.1. The number of aromatic nitrogens is 2. The molecule has 2 aromatic heterocycles. The number of amides is 2. The minimum atomic E-state index is -0.708. The van der Waals surface area contributed by atoms with Gasteiger partial charge in [0.25, 0.3) is 11.8 Å². The third-order valence-corrected chi connectivity index (χ3v) is 7.67. The largest absolute Gasteiger partial charge is 0.461 e. The summed E-state index contributed by atoms with van der Waals surface area (Å²) in [6, 6.07) is 20.3. The van der Waals surface area contributed by atoms with E-state index in [-0.39, 0.29) is 23.7 Å². The summed E-state index contributed by atoms with van der Waals surface area (Å²) < 4.78 is 24.7. The van der Waals surface area contributed by atoms with E-state index in [4.69, 9.17) is 9.15 Å². The molecule has 2 heterocycles. The van der Waals surface area contributed by atoms with Gasteiger partial charge in [0.1, 0.15) is 22.7 Å². The molecular formula is C32H27FN4O4. The first-order valence-corrected chi connectivity index (χ1v) is 13.1. The first-order valence-electron chi connectivity index (χ1n) is 13.1. The summed E-state index contributed by atoms with van der Waals surface area (Å²) in [5.41, 5.74) is 3.01. The fourth-order valence-corrected chi connectivity index (χ4v) is 5.35. The maximum atomic E-state index is 13.5. The zero-order valence-electron chi connectivity index (χ0n) is 22.7. The molecule has 1 aliphatic rings. The quantitative estimate of drug-likeness (QED) is 0.268. The fraction of sp³-hybridized carbons (Fsp3) is 0.188. The number of fused-ring (bicyclic) bond motifs is 1. The van der Waals surface area contributed by atoms with Crippen LogP contribution >= 0.6 is 0 Å². The van der Waals surface area contributed by atoms with Gasteiger partial charge in [-0.3, -0.25) is 9.59 Å². The number of likely N-dealkylation sites (N-methyl/N-ethyl adjacent to an activating group) is 1. The molecule has 0 radical (unpaired) electrons. The van der Waals surface area contributed by atoms with Gasteiger partial charge in [0.15, 0.2) is 5.82 Å². The number of nitrogens with one attached hydrogen (secondary N) is 1. The van der Waals surface area contributed by atoms with Crippen LogP contribution < -0.4 is 5.32 Å². The average Bonchev–Trinajstić information content (AvgIpc) is 3.66. The lowest BCUT2D eigenvalue weighted by atomic mass is 10.00. The standard InChI is InChI=1S/C32H27FN4O4/c1-19-28(29(38)36-24-12-10-23(33)11-13-24)25-17-22(9-14-26(25)41-19)20-5-7-21(8-6-20)30(39)37(2)32(18-27(32)40-3)31-34-15-4-16-35-31/h4-17,27H,18H2,1-3H3,(H,36,38). The Morgan fingerprint density at radius 1 is 1.02 bits per heavy atom. The highest BCUT2D eigenvalue weighted by atomic mass is 19.1. The number of carbonyl (C=O) groups is 2. The van der Waals surface area contributed by atoms with Gasteiger partial charge in [-0.05, 0) is 72.6 Å². The summed E-state index contributed by atoms with van der Waals surface area (Å²) >= 11 is 0. The second-order valence-electron chi connectivity index (χ2n) is 10.1. The zero-order chi connectivity index (χ0) is 28.7. The van der Waals surface area contributed by atoms with Crippen molar-refractivity contribution in [3.63, 3.8) is 0 Å². The van der Waals surface area contributed by atoms with Crippen LogP contribution in [0.4, 0.5) is 10.1 Å². The number of ether oxygens (including phenoxy) is 1. The molecule has 41 heavy (non-hydrogen) atoms. The molecule has 1 N–H and O–H groups in total. The second kappa shape index (κ2) is 10.3. The molecule has 206 valence electrons. The van der Waals surface area contributed by atoms with Crippen LogP contribution in [0, 0.1) is 12.7 Å². The molecule has 1 saturated carbocycles. The Hall–Kier alpha value is -4.89. The highest BCUT2D eigenvalue weighted by molar-refractivity contribution is 6.13. The van der Waals surface area contributed by atoms with E-state index in [0.717, 1.165) is 11.1 Å². The van der Waals surface area contributed by atoms with E-state index in [0.29, 0.717) is 45.8 Å². The summed E-state index contributed by atoms with van der Waals surface area (Å²) in [7, 11) is 3.37. The summed E-state index contributed by atoms with van der Waals surface area (Å²) in [5, 5.41) is 3.46. The van der Waals surface area contributed by atoms with Crippen LogP contribution in [-0.2, 0) is 10.3 Å². The predicted molar refractivity (Wildman–Crippen MR) is 152 cm³/mol. The molecule has 0 saturated heterocycles. The maximum Gasteiger partial charge on any atom is 0.259 e. The topological polar surface area (TPSA) is 97.6 Å². The lowest BCUT2D eigenvalue weighted by Crippen LogP contribution is -2.41. The fourth-order valence-electron chi connectivity index (χ4n) is 5.35. The van der Waals surface area contributed by atoms with Gasteiger partial charge in [-0.1, -0.05) is 18.2 Å². The Bertz CT molecular complexity index is 1750. The highest BCUT2D eigenvalue weighted by Crippen LogP contribution is 2.51. The van der Waals surface area contributed by atoms with Crippen LogP contribution in [0.25, 0.3) is 22.1 Å². The van der Waals surface area contributed by atoms with Crippen LogP contribution in [0.3, 0.4) is 0 Å². The number of furan rings is 1. The van der Waals surface area contributed by atoms with Crippen LogP contribution in [0.5, 0.6) is 0 Å². The third-order valence-electron chi connectivity index (χ3n) is 7.67. The van der Waals surface area contributed by atoms with Crippen LogP contribution in [-0.4, -0.2) is 46.9 Å². The molecule has 9 heteroatoms. The van der Waals surface area contributed by atoms with E-state index in [9.17, 15) is 14.0 Å². The van der Waals surface area contributed by atoms with Crippen molar-refractivity contribution in [3.8, 4) is 11.1 Å². The van der Waals surface area contributed by atoms with Crippen molar-refractivity contribution in [1.29, 1.82) is 0 Å². The number of hydrogen-bond acceptors (Lipinski definition) is 6. The Morgan fingerprint density at radius 2 is 1.71 bits per heavy atom. The van der Waals surface area contributed by atoms with Crippen molar-refractivity contribution in [2.24, 2.45) is 0 Å². The minimum absolute atomic E-state index is 0.163. The summed E-state index contributed by atoms with van der Waals surface area (Å²) in [6.07, 6.45) is 3.77. The van der Waals surface area contributed by atoms with Crippen molar-refractivity contribution in [2.75, 3.05) is 19.5 Å². The van der Waals surface area contributed by atoms with E-state index in [1.54, 1.807) is 56.6 Å². The lowest BCUT2D eigenvalue weighted by molar-refractivity contribution is 0.0569. The molecule has 2 atom stereocenters. The molecule has 6 rings (SSSR count). The first-order chi connectivity index (χ1) is 19.8. The van der Waals surface area contributed by atoms with Crippen LogP contribution in [0.2, 0.25) is 0 Å². The van der Waals surface area contributed by atoms with Crippen molar-refractivity contribution < 1.29 is 23.1 Å². The summed E-state index contributed by atoms with van der Waals surface area (Å²) in [4.78, 5) is 37.1. The summed E-state index contributed by atoms with van der Waals surface area (Å²) in [5.74, 6) is 0.145. The molecule has 0 bridgehead atoms. The van der Waals surface area contributed by atoms with Gasteiger partial charge in [-0.15, -0.1) is 0 Å². The molecule has 8 nitrogen and oxygen atoms in total. The van der Waals surface area contributed by atoms with Crippen LogP contribution in [0.1, 0.15) is 38.7 Å². The minimum Gasteiger partial charge on any atom is -0.461 e. The number of halogens is 1. The number of hydrogen-bond donors (Lipinski definition) is 1. The lowest BCUT2D eigenvalue weighted by Gasteiger charge is -2.28. The SMILES string of the molecule is COC1CC1(c1ncccn1)N(C)C(=O)c1ccc(-c2ccc3oc(C)c(C(=O)Nc4ccc(F)cc4)c3c2)cc1. The molecule has 2 amide bonds. The van der Waals surface area contributed by atoms with Gasteiger partial charge in [0, 0.05) is 49.6 Å². The van der Waals surface area contributed by atoms with Crippen LogP contribution in [0.15, 0.2) is 89.6 Å². The molecule has 1 aliphatic carbocycles. The van der Waals surface area contributed by atoms with Crippen molar-refractivity contribution >= 4 is 28.5 Å². The highest BCUT2D eigenvalue weighted by Gasteiger charge is 2.63. The molecule has 5 aromatic rings. The van der Waals surface area contributed by atoms with Gasteiger partial charge in [-0.2, -0.15) is 0 Å². The van der Waals surface area contributed by atoms with E-state index in [1.165, 1.54) is 24.3 Å². The Balaban J connectivity index is 1.26.